The molecular formula is C17H16N2O2S. The van der Waals surface area contributed by atoms with Gasteiger partial charge in [-0.3, -0.25) is 9.36 Å². The molecule has 0 saturated heterocycles. The Morgan fingerprint density at radius 1 is 1.18 bits per heavy atom. The van der Waals surface area contributed by atoms with Crippen LogP contribution >= 0.6 is 12.2 Å². The zero-order valence-electron chi connectivity index (χ0n) is 12.4. The van der Waals surface area contributed by atoms with E-state index in [1.165, 1.54) is 0 Å². The van der Waals surface area contributed by atoms with Crippen LogP contribution in [0.1, 0.15) is 18.5 Å². The van der Waals surface area contributed by atoms with Crippen molar-refractivity contribution in [2.75, 3.05) is 7.11 Å². The average molecular weight is 312 g/mol. The zero-order valence-corrected chi connectivity index (χ0v) is 13.2. The Balaban J connectivity index is 2.21. The van der Waals surface area contributed by atoms with E-state index < -0.39 is 0 Å². The first-order chi connectivity index (χ1) is 10.6. The van der Waals surface area contributed by atoms with Crippen LogP contribution in [-0.4, -0.2) is 16.7 Å². The highest BCUT2D eigenvalue weighted by atomic mass is 32.1. The molecule has 1 heterocycles. The van der Waals surface area contributed by atoms with Gasteiger partial charge in [0.25, 0.3) is 5.56 Å². The fraction of sp³-hybridized carbons (Fsp3) is 0.176. The van der Waals surface area contributed by atoms with Crippen LogP contribution in [0.4, 0.5) is 0 Å². The minimum Gasteiger partial charge on any atom is -0.497 e. The number of aromatic amines is 1. The smallest absolute Gasteiger partial charge is 0.262 e. The summed E-state index contributed by atoms with van der Waals surface area (Å²) in [4.78, 5) is 15.9. The van der Waals surface area contributed by atoms with E-state index in [-0.39, 0.29) is 11.6 Å². The molecule has 4 nitrogen and oxygen atoms in total. The van der Waals surface area contributed by atoms with Crippen LogP contribution in [0.15, 0.2) is 53.3 Å². The number of hydrogen-bond donors (Lipinski definition) is 1. The molecule has 0 unspecified atom stereocenters. The van der Waals surface area contributed by atoms with Crippen molar-refractivity contribution >= 4 is 23.1 Å². The second-order valence-corrected chi connectivity index (χ2v) is 5.49. The number of benzene rings is 2. The summed E-state index contributed by atoms with van der Waals surface area (Å²) < 4.78 is 7.27. The van der Waals surface area contributed by atoms with Crippen molar-refractivity contribution in [3.05, 3.63) is 69.2 Å². The van der Waals surface area contributed by atoms with Crippen LogP contribution in [0.25, 0.3) is 10.9 Å². The van der Waals surface area contributed by atoms with Crippen molar-refractivity contribution in [3.63, 3.8) is 0 Å². The van der Waals surface area contributed by atoms with Gasteiger partial charge in [-0.1, -0.05) is 24.3 Å². The number of hydrogen-bond acceptors (Lipinski definition) is 3. The first-order valence-electron chi connectivity index (χ1n) is 6.99. The van der Waals surface area contributed by atoms with Crippen molar-refractivity contribution in [2.24, 2.45) is 0 Å². The maximum atomic E-state index is 12.8. The van der Waals surface area contributed by atoms with E-state index in [1.54, 1.807) is 17.7 Å². The molecular weight excluding hydrogens is 296 g/mol. The Kier molecular flexibility index (Phi) is 3.81. The van der Waals surface area contributed by atoms with Crippen molar-refractivity contribution < 1.29 is 4.74 Å². The number of para-hydroxylation sites is 1. The summed E-state index contributed by atoms with van der Waals surface area (Å²) in [5.74, 6) is 0.757. The number of nitrogens with zero attached hydrogens (tertiary/aromatic N) is 1. The molecule has 1 aromatic heterocycles. The molecule has 0 aliphatic heterocycles. The third-order valence-electron chi connectivity index (χ3n) is 3.80. The SMILES string of the molecule is COc1cccc([C@@H](C)n2c(=S)[nH]c3ccccc3c2=O)c1. The predicted molar refractivity (Wildman–Crippen MR) is 90.2 cm³/mol. The summed E-state index contributed by atoms with van der Waals surface area (Å²) in [6.45, 7) is 1.95. The molecule has 0 radical (unpaired) electrons. The number of fused-ring (bicyclic) bond motifs is 1. The third-order valence-corrected chi connectivity index (χ3v) is 4.10. The Morgan fingerprint density at radius 3 is 2.73 bits per heavy atom. The van der Waals surface area contributed by atoms with Gasteiger partial charge in [0.05, 0.1) is 24.1 Å². The van der Waals surface area contributed by atoms with E-state index in [1.807, 2.05) is 49.4 Å². The standard InChI is InChI=1S/C17H16N2O2S/c1-11(12-6-5-7-13(10-12)21-2)19-16(20)14-8-3-4-9-15(14)18-17(19)22/h3-11H,1-2H3,(H,18,22)/t11-/m1/s1. The minimum absolute atomic E-state index is 0.0883. The van der Waals surface area contributed by atoms with Crippen LogP contribution in [0, 0.1) is 4.77 Å². The Hall–Kier alpha value is -2.40. The van der Waals surface area contributed by atoms with Crippen molar-refractivity contribution in [3.8, 4) is 5.75 Å². The number of aromatic nitrogens is 2. The van der Waals surface area contributed by atoms with Gasteiger partial charge < -0.3 is 9.72 Å². The lowest BCUT2D eigenvalue weighted by Gasteiger charge is -2.17. The van der Waals surface area contributed by atoms with Crippen LogP contribution < -0.4 is 10.3 Å². The summed E-state index contributed by atoms with van der Waals surface area (Å²) >= 11 is 5.38. The topological polar surface area (TPSA) is 47.0 Å². The van der Waals surface area contributed by atoms with Gasteiger partial charge in [0.15, 0.2) is 4.77 Å². The molecule has 0 spiro atoms. The van der Waals surface area contributed by atoms with E-state index in [4.69, 9.17) is 17.0 Å². The molecule has 0 bridgehead atoms. The molecule has 0 aliphatic rings. The van der Waals surface area contributed by atoms with Gasteiger partial charge in [-0.2, -0.15) is 0 Å². The minimum atomic E-state index is -0.184. The Bertz CT molecular complexity index is 943. The molecule has 2 aromatic carbocycles. The average Bonchev–Trinajstić information content (AvgIpc) is 2.54. The van der Waals surface area contributed by atoms with Gasteiger partial charge >= 0.3 is 0 Å². The highest BCUT2D eigenvalue weighted by Crippen LogP contribution is 2.22. The van der Waals surface area contributed by atoms with Gasteiger partial charge in [0.1, 0.15) is 5.75 Å². The first-order valence-corrected chi connectivity index (χ1v) is 7.40. The molecule has 0 aliphatic carbocycles. The van der Waals surface area contributed by atoms with Gasteiger partial charge in [0, 0.05) is 0 Å². The summed E-state index contributed by atoms with van der Waals surface area (Å²) in [5.41, 5.74) is 1.64. The van der Waals surface area contributed by atoms with Gasteiger partial charge in [0.2, 0.25) is 0 Å². The van der Waals surface area contributed by atoms with Crippen molar-refractivity contribution in [1.82, 2.24) is 9.55 Å². The molecule has 1 atom stereocenters. The molecule has 5 heteroatoms. The van der Waals surface area contributed by atoms with E-state index in [2.05, 4.69) is 4.98 Å². The number of nitrogens with one attached hydrogen (secondary N) is 1. The molecule has 0 saturated carbocycles. The molecule has 3 rings (SSSR count). The molecule has 112 valence electrons. The molecule has 0 fully saturated rings. The van der Waals surface area contributed by atoms with E-state index in [0.717, 1.165) is 16.8 Å². The Morgan fingerprint density at radius 2 is 1.95 bits per heavy atom. The molecule has 22 heavy (non-hydrogen) atoms. The maximum Gasteiger partial charge on any atom is 0.262 e. The molecule has 0 amide bonds. The predicted octanol–water partition coefficient (Wildman–Crippen LogP) is 3.68. The lowest BCUT2D eigenvalue weighted by Crippen LogP contribution is -2.25. The third kappa shape index (κ3) is 2.44. The summed E-state index contributed by atoms with van der Waals surface area (Å²) in [7, 11) is 1.62. The monoisotopic (exact) mass is 312 g/mol. The quantitative estimate of drug-likeness (QED) is 0.751. The fourth-order valence-electron chi connectivity index (χ4n) is 2.58. The number of ether oxygens (including phenoxy) is 1. The van der Waals surface area contributed by atoms with Crippen LogP contribution in [-0.2, 0) is 0 Å². The lowest BCUT2D eigenvalue weighted by molar-refractivity contribution is 0.413. The Labute approximate surface area is 133 Å². The van der Waals surface area contributed by atoms with Crippen LogP contribution in [0.2, 0.25) is 0 Å². The normalized spacial score (nSPS) is 12.3. The fourth-order valence-corrected chi connectivity index (χ4v) is 2.93. The van der Waals surface area contributed by atoms with Gasteiger partial charge in [-0.15, -0.1) is 0 Å². The lowest BCUT2D eigenvalue weighted by atomic mass is 10.1. The van der Waals surface area contributed by atoms with Gasteiger partial charge in [-0.05, 0) is 49.0 Å². The summed E-state index contributed by atoms with van der Waals surface area (Å²) in [6.07, 6.45) is 0. The molecule has 3 aromatic rings. The summed E-state index contributed by atoms with van der Waals surface area (Å²) in [5, 5.41) is 0.630. The van der Waals surface area contributed by atoms with Crippen molar-refractivity contribution in [2.45, 2.75) is 13.0 Å². The van der Waals surface area contributed by atoms with E-state index >= 15 is 0 Å². The van der Waals surface area contributed by atoms with Crippen molar-refractivity contribution in [1.29, 1.82) is 0 Å². The number of H-pyrrole nitrogens is 1. The number of methoxy groups -OCH3 is 1. The summed E-state index contributed by atoms with van der Waals surface area (Å²) in [6, 6.07) is 14.9. The highest BCUT2D eigenvalue weighted by molar-refractivity contribution is 7.71. The van der Waals surface area contributed by atoms with Crippen LogP contribution in [0.3, 0.4) is 0 Å². The second-order valence-electron chi connectivity index (χ2n) is 5.10. The van der Waals surface area contributed by atoms with E-state index in [0.29, 0.717) is 10.2 Å². The largest absolute Gasteiger partial charge is 0.497 e. The molecule has 1 N–H and O–H groups in total. The zero-order chi connectivity index (χ0) is 15.7. The highest BCUT2D eigenvalue weighted by Gasteiger charge is 2.14. The van der Waals surface area contributed by atoms with E-state index in [9.17, 15) is 4.79 Å². The second kappa shape index (κ2) is 5.77. The van der Waals surface area contributed by atoms with Crippen LogP contribution in [0.5, 0.6) is 5.75 Å². The van der Waals surface area contributed by atoms with Gasteiger partial charge in [-0.25, -0.2) is 0 Å². The first kappa shape index (κ1) is 14.5. The number of rotatable bonds is 3. The maximum absolute atomic E-state index is 12.8.